The molecule has 228 valence electrons. The summed E-state index contributed by atoms with van der Waals surface area (Å²) in [5, 5.41) is 2.21. The number of rotatable bonds is 2. The zero-order chi connectivity index (χ0) is 32.2. The maximum absolute atomic E-state index is 6.50. The van der Waals surface area contributed by atoms with Crippen molar-refractivity contribution in [1.82, 2.24) is 0 Å². The van der Waals surface area contributed by atoms with Crippen LogP contribution in [0.4, 0.5) is 0 Å². The molecule has 0 aliphatic carbocycles. The molecule has 0 radical (unpaired) electrons. The van der Waals surface area contributed by atoms with Crippen molar-refractivity contribution in [1.29, 1.82) is 0 Å². The van der Waals surface area contributed by atoms with E-state index in [9.17, 15) is 0 Å². The Hall–Kier alpha value is -6.13. The lowest BCUT2D eigenvalue weighted by Crippen LogP contribution is -2.38. The van der Waals surface area contributed by atoms with Gasteiger partial charge in [-0.2, -0.15) is 9.13 Å². The maximum Gasteiger partial charge on any atom is 0.219 e. The highest BCUT2D eigenvalue weighted by Gasteiger charge is 2.30. The second-order valence-corrected chi connectivity index (χ2v) is 12.6. The van der Waals surface area contributed by atoms with Gasteiger partial charge in [0.15, 0.2) is 25.1 Å². The molecule has 0 N–H and O–H groups in total. The van der Waals surface area contributed by atoms with Gasteiger partial charge in [-0.15, -0.1) is 0 Å². The van der Waals surface area contributed by atoms with E-state index >= 15 is 0 Å². The first kappa shape index (κ1) is 28.1. The summed E-state index contributed by atoms with van der Waals surface area (Å²) < 4.78 is 13.4. The summed E-state index contributed by atoms with van der Waals surface area (Å²) in [5.41, 5.74) is 14.5. The summed E-state index contributed by atoms with van der Waals surface area (Å²) in [6.45, 7) is 2.91. The minimum atomic E-state index is 0.752. The van der Waals surface area contributed by atoms with Gasteiger partial charge in [0, 0.05) is 58.8 Å². The number of pyridine rings is 3. The fourth-order valence-electron chi connectivity index (χ4n) is 7.24. The first-order valence-electron chi connectivity index (χ1n) is 16.4. The number of nitrogens with zero attached hydrogens (tertiary/aromatic N) is 3. The Balaban J connectivity index is 1.46. The van der Waals surface area contributed by atoms with Crippen LogP contribution >= 0.6 is 0 Å². The molecule has 0 amide bonds. The topological polar surface area (TPSA) is 24.8 Å². The van der Waals surface area contributed by atoms with E-state index in [4.69, 9.17) is 4.42 Å². The third-order valence-electron chi connectivity index (χ3n) is 9.60. The van der Waals surface area contributed by atoms with Crippen LogP contribution in [0.1, 0.15) is 22.3 Å². The van der Waals surface area contributed by atoms with Gasteiger partial charge in [0.25, 0.3) is 0 Å². The molecule has 4 aromatic carbocycles. The van der Waals surface area contributed by atoms with Crippen LogP contribution in [0.5, 0.6) is 0 Å². The molecule has 48 heavy (non-hydrogen) atoms. The molecule has 0 saturated heterocycles. The van der Waals surface area contributed by atoms with Crippen LogP contribution in [0.2, 0.25) is 0 Å². The quantitative estimate of drug-likeness (QED) is 0.178. The largest absolute Gasteiger partial charge is 0.456 e. The van der Waals surface area contributed by atoms with Crippen molar-refractivity contribution in [2.75, 3.05) is 0 Å². The highest BCUT2D eigenvalue weighted by Crippen LogP contribution is 2.38. The molecule has 0 saturated carbocycles. The molecular weight excluding hydrogens is 587 g/mol. The molecule has 0 fully saturated rings. The molecule has 1 aliphatic rings. The molecule has 5 heterocycles. The second kappa shape index (κ2) is 11.3. The van der Waals surface area contributed by atoms with Crippen molar-refractivity contribution in [3.63, 3.8) is 0 Å². The predicted molar refractivity (Wildman–Crippen MR) is 192 cm³/mol. The molecule has 4 nitrogen and oxygen atoms in total. The third-order valence-corrected chi connectivity index (χ3v) is 9.60. The van der Waals surface area contributed by atoms with E-state index in [-0.39, 0.29) is 0 Å². The van der Waals surface area contributed by atoms with E-state index in [1.807, 2.05) is 6.07 Å². The molecule has 1 aliphatic heterocycles. The first-order chi connectivity index (χ1) is 23.6. The van der Waals surface area contributed by atoms with Gasteiger partial charge in [-0.05, 0) is 60.5 Å². The van der Waals surface area contributed by atoms with Crippen molar-refractivity contribution < 1.29 is 18.1 Å². The van der Waals surface area contributed by atoms with Gasteiger partial charge < -0.3 is 4.42 Å². The Labute approximate surface area is 279 Å². The van der Waals surface area contributed by atoms with Crippen LogP contribution < -0.4 is 13.7 Å². The molecule has 0 bridgehead atoms. The standard InChI is InChI=1S/C44H34N3O/c1-30-21-24-45(2)41(25-30)37-28-44-38(35-17-7-8-20-43(35)48-44)27-36(37)42-26-31-13-3-5-15-33(31)39-18-9-11-22-46(39)29-32-14-4-6-16-34(32)40-19-10-12-23-47(40)42/h3-28H,29H2,1-2H3/q+3. The third kappa shape index (κ3) is 4.65. The number of hydrogen-bond donors (Lipinski definition) is 0. The van der Waals surface area contributed by atoms with Crippen LogP contribution in [0, 0.1) is 6.92 Å². The van der Waals surface area contributed by atoms with Crippen LogP contribution in [0.15, 0.2) is 156 Å². The molecule has 4 aromatic heterocycles. The highest BCUT2D eigenvalue weighted by atomic mass is 16.3. The Morgan fingerprint density at radius 3 is 2.21 bits per heavy atom. The minimum absolute atomic E-state index is 0.752. The van der Waals surface area contributed by atoms with Crippen LogP contribution in [0.3, 0.4) is 0 Å². The zero-order valence-electron chi connectivity index (χ0n) is 27.0. The van der Waals surface area contributed by atoms with Crippen molar-refractivity contribution in [3.8, 4) is 33.8 Å². The Bertz CT molecular complexity index is 2570. The van der Waals surface area contributed by atoms with E-state index in [0.29, 0.717) is 0 Å². The summed E-state index contributed by atoms with van der Waals surface area (Å²) >= 11 is 0. The molecule has 0 spiro atoms. The number of aromatic nitrogens is 3. The molecular formula is C44H34N3O+3. The van der Waals surface area contributed by atoms with Crippen molar-refractivity contribution in [2.45, 2.75) is 13.5 Å². The maximum atomic E-state index is 6.50. The summed E-state index contributed by atoms with van der Waals surface area (Å²) in [6.07, 6.45) is 8.91. The van der Waals surface area contributed by atoms with E-state index in [0.717, 1.165) is 62.3 Å². The number of para-hydroxylation sites is 1. The van der Waals surface area contributed by atoms with Gasteiger partial charge in [-0.3, -0.25) is 0 Å². The van der Waals surface area contributed by atoms with Crippen molar-refractivity contribution in [2.24, 2.45) is 7.05 Å². The lowest BCUT2D eigenvalue weighted by molar-refractivity contribution is -0.677. The number of furan rings is 1. The molecule has 9 rings (SSSR count). The zero-order valence-corrected chi connectivity index (χ0v) is 27.0. The van der Waals surface area contributed by atoms with Gasteiger partial charge in [0.1, 0.15) is 18.2 Å². The summed E-state index contributed by atoms with van der Waals surface area (Å²) in [7, 11) is 2.12. The minimum Gasteiger partial charge on any atom is -0.456 e. The molecule has 0 atom stereocenters. The van der Waals surface area contributed by atoms with Crippen LogP contribution in [0.25, 0.3) is 67.5 Å². The number of benzene rings is 4. The average molecular weight is 621 g/mol. The second-order valence-electron chi connectivity index (χ2n) is 12.6. The molecule has 8 aromatic rings. The van der Waals surface area contributed by atoms with Gasteiger partial charge >= 0.3 is 0 Å². The van der Waals surface area contributed by atoms with Gasteiger partial charge in [0.2, 0.25) is 22.8 Å². The number of fused-ring (bicyclic) bond motifs is 9. The van der Waals surface area contributed by atoms with E-state index in [2.05, 4.69) is 180 Å². The molecule has 0 unspecified atom stereocenters. The number of hydrogen-bond acceptors (Lipinski definition) is 1. The first-order valence-corrected chi connectivity index (χ1v) is 16.4. The van der Waals surface area contributed by atoms with Crippen LogP contribution in [-0.4, -0.2) is 0 Å². The fourth-order valence-corrected chi connectivity index (χ4v) is 7.24. The smallest absolute Gasteiger partial charge is 0.219 e. The van der Waals surface area contributed by atoms with Crippen molar-refractivity contribution >= 4 is 33.7 Å². The fraction of sp³-hybridized carbons (Fsp3) is 0.0682. The van der Waals surface area contributed by atoms with E-state index < -0.39 is 0 Å². The normalized spacial score (nSPS) is 12.4. The Morgan fingerprint density at radius 2 is 1.29 bits per heavy atom. The van der Waals surface area contributed by atoms with Gasteiger partial charge in [-0.25, -0.2) is 4.57 Å². The van der Waals surface area contributed by atoms with E-state index in [1.165, 1.54) is 27.9 Å². The van der Waals surface area contributed by atoms with Gasteiger partial charge in [-0.1, -0.05) is 54.6 Å². The lowest BCUT2D eigenvalue weighted by Gasteiger charge is -2.13. The lowest BCUT2D eigenvalue weighted by atomic mass is 9.94. The number of aryl methyl sites for hydroxylation is 2. The monoisotopic (exact) mass is 620 g/mol. The predicted octanol–water partition coefficient (Wildman–Crippen LogP) is 8.70. The van der Waals surface area contributed by atoms with Gasteiger partial charge in [0.05, 0.1) is 22.3 Å². The summed E-state index contributed by atoms with van der Waals surface area (Å²) in [4.78, 5) is 0. The van der Waals surface area contributed by atoms with Crippen molar-refractivity contribution in [3.05, 3.63) is 174 Å². The van der Waals surface area contributed by atoms with Crippen LogP contribution in [-0.2, 0) is 13.6 Å². The SMILES string of the molecule is Cc1cc[n+](C)c(-c2cc3oc4ccccc4c3cc2C2=Cc3ccccc3-c3cccc[n+]3Cc3ccccc3-c3cccc[n+]32)c1. The molecule has 4 heteroatoms. The summed E-state index contributed by atoms with van der Waals surface area (Å²) in [6, 6.07) is 47.9. The highest BCUT2D eigenvalue weighted by molar-refractivity contribution is 6.08. The average Bonchev–Trinajstić information content (AvgIpc) is 3.48. The summed E-state index contributed by atoms with van der Waals surface area (Å²) in [5.74, 6) is 0. The van der Waals surface area contributed by atoms with E-state index in [1.54, 1.807) is 0 Å². The Kier molecular flexibility index (Phi) is 6.61. The Morgan fingerprint density at radius 1 is 0.542 bits per heavy atom.